The minimum Gasteiger partial charge on any atom is -0.394 e. The summed E-state index contributed by atoms with van der Waals surface area (Å²) in [5.74, 6) is -1.56. The zero-order valence-electron chi connectivity index (χ0n) is 22.2. The number of nitrogens with zero attached hydrogens (tertiary/aromatic N) is 4. The van der Waals surface area contributed by atoms with Crippen LogP contribution in [0.25, 0.3) is 0 Å². The van der Waals surface area contributed by atoms with E-state index in [4.69, 9.17) is 0 Å². The lowest BCUT2D eigenvalue weighted by atomic mass is 9.82. The first-order chi connectivity index (χ1) is 19.1. The number of fused-ring (bicyclic) bond motifs is 1. The third-order valence-electron chi connectivity index (χ3n) is 8.16. The minimum absolute atomic E-state index is 0.0251. The summed E-state index contributed by atoms with van der Waals surface area (Å²) in [7, 11) is 0. The van der Waals surface area contributed by atoms with Gasteiger partial charge in [0.25, 0.3) is 11.6 Å². The van der Waals surface area contributed by atoms with Crippen LogP contribution in [0.1, 0.15) is 43.7 Å². The maximum absolute atomic E-state index is 13.8. The number of nitro groups is 1. The first kappa shape index (κ1) is 27.5. The van der Waals surface area contributed by atoms with Gasteiger partial charge in [-0.2, -0.15) is 0 Å². The van der Waals surface area contributed by atoms with Crippen molar-refractivity contribution in [2.24, 2.45) is 5.92 Å². The molecule has 11 heteroatoms. The Morgan fingerprint density at radius 2 is 2.02 bits per heavy atom. The fourth-order valence-electron chi connectivity index (χ4n) is 5.78. The van der Waals surface area contributed by atoms with E-state index in [1.807, 2.05) is 18.2 Å². The van der Waals surface area contributed by atoms with Crippen LogP contribution < -0.4 is 9.80 Å². The van der Waals surface area contributed by atoms with Gasteiger partial charge in [-0.15, -0.1) is 0 Å². The van der Waals surface area contributed by atoms with Crippen molar-refractivity contribution >= 4 is 34.8 Å². The Balaban J connectivity index is 1.41. The molecule has 0 aromatic heterocycles. The fraction of sp³-hybridized carbons (Fsp3) is 0.414. The Morgan fingerprint density at radius 3 is 2.70 bits per heavy atom. The van der Waals surface area contributed by atoms with Crippen LogP contribution in [0.15, 0.2) is 54.6 Å². The Kier molecular flexibility index (Phi) is 7.43. The molecule has 2 saturated heterocycles. The van der Waals surface area contributed by atoms with E-state index in [9.17, 15) is 34.7 Å². The van der Waals surface area contributed by atoms with Crippen LogP contribution >= 0.6 is 0 Å². The number of likely N-dealkylation sites (tertiary alicyclic amines) is 1. The van der Waals surface area contributed by atoms with Crippen molar-refractivity contribution in [3.05, 3.63) is 75.9 Å². The third-order valence-corrected chi connectivity index (χ3v) is 8.16. The van der Waals surface area contributed by atoms with Gasteiger partial charge in [0, 0.05) is 55.2 Å². The molecule has 2 aromatic rings. The average molecular weight is 549 g/mol. The second-order valence-electron chi connectivity index (χ2n) is 10.6. The highest BCUT2D eigenvalue weighted by Crippen LogP contribution is 2.47. The van der Waals surface area contributed by atoms with Crippen LogP contribution in [0, 0.1) is 16.0 Å². The molecule has 11 nitrogen and oxygen atoms in total. The predicted octanol–water partition coefficient (Wildman–Crippen LogP) is 2.63. The van der Waals surface area contributed by atoms with Gasteiger partial charge < -0.3 is 24.9 Å². The number of benzene rings is 2. The molecule has 0 aliphatic carbocycles. The monoisotopic (exact) mass is 548 g/mol. The number of aliphatic hydroxyl groups excluding tert-OH is 1. The predicted molar refractivity (Wildman–Crippen MR) is 146 cm³/mol. The molecule has 0 radical (unpaired) electrons. The van der Waals surface area contributed by atoms with Crippen LogP contribution in [-0.4, -0.2) is 63.5 Å². The quantitative estimate of drug-likeness (QED) is 0.212. The number of carbonyl (C=O) groups excluding carboxylic acids is 3. The number of anilines is 2. The van der Waals surface area contributed by atoms with E-state index < -0.39 is 22.3 Å². The van der Waals surface area contributed by atoms with Crippen molar-refractivity contribution in [1.82, 2.24) is 4.90 Å². The number of nitro benzene ring substituents is 1. The normalized spacial score (nSPS) is 23.1. The molecule has 3 aliphatic heterocycles. The smallest absolute Gasteiger partial charge is 0.269 e. The highest BCUT2D eigenvalue weighted by atomic mass is 16.6. The highest BCUT2D eigenvalue weighted by molar-refractivity contribution is 6.07. The molecule has 3 atom stereocenters. The highest BCUT2D eigenvalue weighted by Gasteiger charge is 2.53. The Morgan fingerprint density at radius 1 is 1.23 bits per heavy atom. The molecular formula is C29H32N4O7. The molecule has 5 rings (SSSR count). The number of rotatable bonds is 9. The molecule has 2 aromatic carbocycles. The first-order valence-corrected chi connectivity index (χ1v) is 13.4. The van der Waals surface area contributed by atoms with E-state index in [1.54, 1.807) is 34.9 Å². The van der Waals surface area contributed by atoms with Gasteiger partial charge in [-0.05, 0) is 36.6 Å². The van der Waals surface area contributed by atoms with Crippen molar-refractivity contribution in [2.75, 3.05) is 29.5 Å². The molecule has 2 N–H and O–H groups in total. The van der Waals surface area contributed by atoms with E-state index in [-0.39, 0.29) is 48.7 Å². The number of amides is 3. The largest absolute Gasteiger partial charge is 0.394 e. The molecule has 0 saturated carbocycles. The summed E-state index contributed by atoms with van der Waals surface area (Å²) < 4.78 is 0. The van der Waals surface area contributed by atoms with Gasteiger partial charge in [-0.3, -0.25) is 24.5 Å². The molecule has 40 heavy (non-hydrogen) atoms. The number of β-lactam (4-membered cyclic amide) rings is 1. The summed E-state index contributed by atoms with van der Waals surface area (Å²) in [6.45, 7) is 2.83. The molecular weight excluding hydrogens is 516 g/mol. The zero-order valence-corrected chi connectivity index (χ0v) is 22.2. The maximum Gasteiger partial charge on any atom is 0.269 e. The Hall–Kier alpha value is -4.09. The lowest BCUT2D eigenvalue weighted by Crippen LogP contribution is -2.44. The van der Waals surface area contributed by atoms with E-state index in [2.05, 4.69) is 0 Å². The van der Waals surface area contributed by atoms with Crippen LogP contribution in [0.4, 0.5) is 17.1 Å². The van der Waals surface area contributed by atoms with Gasteiger partial charge in [-0.1, -0.05) is 31.2 Å². The molecule has 3 aliphatic rings. The number of hydrogen-bond donors (Lipinski definition) is 2. The number of carbonyl (C=O) groups is 3. The molecule has 2 fully saturated rings. The van der Waals surface area contributed by atoms with Crippen molar-refractivity contribution < 1.29 is 29.5 Å². The van der Waals surface area contributed by atoms with Gasteiger partial charge in [0.15, 0.2) is 5.60 Å². The summed E-state index contributed by atoms with van der Waals surface area (Å²) in [6, 6.07) is 11.0. The SMILES string of the molecule is C[C@@H](/C=C/CC(=O)N1CCC[C@H]1CO)[C@]1(O)C(=O)N(Cc2cccc(N3CCC3=O)c2)c2ccc([N+](=O)[O-])cc21. The van der Waals surface area contributed by atoms with Crippen LogP contribution in [0.5, 0.6) is 0 Å². The summed E-state index contributed by atoms with van der Waals surface area (Å²) in [5, 5.41) is 32.9. The number of hydrogen-bond acceptors (Lipinski definition) is 7. The van der Waals surface area contributed by atoms with Gasteiger partial charge in [-0.25, -0.2) is 0 Å². The molecule has 210 valence electrons. The summed E-state index contributed by atoms with van der Waals surface area (Å²) >= 11 is 0. The van der Waals surface area contributed by atoms with Crippen LogP contribution in [0.2, 0.25) is 0 Å². The maximum atomic E-state index is 13.8. The molecule has 3 heterocycles. The summed E-state index contributed by atoms with van der Waals surface area (Å²) in [4.78, 5) is 54.1. The van der Waals surface area contributed by atoms with Gasteiger partial charge in [0.1, 0.15) is 0 Å². The minimum atomic E-state index is -2.09. The van der Waals surface area contributed by atoms with Gasteiger partial charge in [0.2, 0.25) is 11.8 Å². The van der Waals surface area contributed by atoms with E-state index in [1.165, 1.54) is 23.1 Å². The standard InChI is InChI=1S/C29H32N4O7/c1-19(5-2-9-26(35)30-13-4-8-23(30)18-34)29(38)24-16-22(33(39)40)10-11-25(24)32(28(29)37)17-20-6-3-7-21(15-20)31-14-12-27(31)36/h2-3,5-7,10-11,15-16,19,23,34,38H,4,8-9,12-14,17-18H2,1H3/b5-2+/t19-,23-,29+/m0/s1. The lowest BCUT2D eigenvalue weighted by molar-refractivity contribution is -0.385. The van der Waals surface area contributed by atoms with Crippen molar-refractivity contribution in [2.45, 2.75) is 50.8 Å². The van der Waals surface area contributed by atoms with Crippen LogP contribution in [-0.2, 0) is 26.5 Å². The van der Waals surface area contributed by atoms with E-state index >= 15 is 0 Å². The molecule has 0 bridgehead atoms. The van der Waals surface area contributed by atoms with Crippen molar-refractivity contribution in [3.63, 3.8) is 0 Å². The zero-order chi connectivity index (χ0) is 28.6. The second-order valence-corrected chi connectivity index (χ2v) is 10.6. The van der Waals surface area contributed by atoms with Gasteiger partial charge in [0.05, 0.1) is 29.8 Å². The van der Waals surface area contributed by atoms with Gasteiger partial charge >= 0.3 is 0 Å². The Labute approximate surface area is 231 Å². The van der Waals surface area contributed by atoms with E-state index in [0.29, 0.717) is 25.2 Å². The second kappa shape index (κ2) is 10.8. The third kappa shape index (κ3) is 4.75. The van der Waals surface area contributed by atoms with Crippen LogP contribution in [0.3, 0.4) is 0 Å². The fourth-order valence-corrected chi connectivity index (χ4v) is 5.78. The summed E-state index contributed by atoms with van der Waals surface area (Å²) in [6.07, 6.45) is 5.29. The lowest BCUT2D eigenvalue weighted by Gasteiger charge is -2.31. The van der Waals surface area contributed by atoms with Crippen molar-refractivity contribution in [3.8, 4) is 0 Å². The topological polar surface area (TPSA) is 145 Å². The number of aliphatic hydroxyl groups is 2. The van der Waals surface area contributed by atoms with Crippen molar-refractivity contribution in [1.29, 1.82) is 0 Å². The Bertz CT molecular complexity index is 1390. The average Bonchev–Trinajstić information content (AvgIpc) is 3.50. The molecule has 0 spiro atoms. The molecule has 3 amide bonds. The molecule has 0 unspecified atom stereocenters. The van der Waals surface area contributed by atoms with E-state index in [0.717, 1.165) is 24.1 Å². The summed E-state index contributed by atoms with van der Waals surface area (Å²) in [5.41, 5.74) is -0.390. The number of non-ortho nitro benzene ring substituents is 1. The first-order valence-electron chi connectivity index (χ1n) is 13.4.